The van der Waals surface area contributed by atoms with Gasteiger partial charge in [-0.1, -0.05) is 34.9 Å². The van der Waals surface area contributed by atoms with E-state index in [1.54, 1.807) is 12.1 Å². The number of nitrogens with one attached hydrogen (secondary N) is 2. The van der Waals surface area contributed by atoms with Crippen molar-refractivity contribution in [2.45, 2.75) is 56.6 Å². The molecule has 10 heteroatoms. The summed E-state index contributed by atoms with van der Waals surface area (Å²) in [6, 6.07) is 5.69. The van der Waals surface area contributed by atoms with Crippen LogP contribution >= 0.6 is 21.6 Å². The number of nitrogens with two attached hydrogens (primary N) is 1. The van der Waals surface area contributed by atoms with Gasteiger partial charge in [0.15, 0.2) is 24.0 Å². The Morgan fingerprint density at radius 1 is 1.20 bits per heavy atom. The zero-order valence-corrected chi connectivity index (χ0v) is 25.3. The summed E-state index contributed by atoms with van der Waals surface area (Å²) in [5.74, 6) is 2.00. The second-order valence-electron chi connectivity index (χ2n) is 11.1. The number of hydrogen-bond donors (Lipinski definition) is 4. The number of nitrogens with zero attached hydrogens (tertiary/aromatic N) is 1. The van der Waals surface area contributed by atoms with Crippen LogP contribution in [0.15, 0.2) is 42.4 Å². The highest BCUT2D eigenvalue weighted by Crippen LogP contribution is 2.45. The molecule has 0 fully saturated rings. The van der Waals surface area contributed by atoms with Crippen LogP contribution in [-0.4, -0.2) is 47.7 Å². The molecule has 1 aliphatic carbocycles. The van der Waals surface area contributed by atoms with Crippen LogP contribution in [0.25, 0.3) is 6.08 Å². The monoisotopic (exact) mass is 595 g/mol. The molecule has 218 valence electrons. The summed E-state index contributed by atoms with van der Waals surface area (Å²) in [5, 5.41) is 14.1. The van der Waals surface area contributed by atoms with Gasteiger partial charge in [-0.2, -0.15) is 0 Å². The van der Waals surface area contributed by atoms with E-state index in [1.807, 2.05) is 40.1 Å². The predicted molar refractivity (Wildman–Crippen MR) is 166 cm³/mol. The predicted octanol–water partition coefficient (Wildman–Crippen LogP) is 4.37. The van der Waals surface area contributed by atoms with Gasteiger partial charge in [0.05, 0.1) is 31.5 Å². The highest BCUT2D eigenvalue weighted by molar-refractivity contribution is 8.76. The molecular weight excluding hydrogens is 556 g/mol. The Morgan fingerprint density at radius 2 is 2.05 bits per heavy atom. The third-order valence-corrected chi connectivity index (χ3v) is 11.2. The smallest absolute Gasteiger partial charge is 0.166 e. The fraction of sp³-hybridized carbons (Fsp3) is 0.452. The number of benzene rings is 1. The molecule has 3 aliphatic rings. The molecule has 0 amide bonds. The Hall–Kier alpha value is -2.95. The number of pyridine rings is 1. The van der Waals surface area contributed by atoms with E-state index in [2.05, 4.69) is 29.5 Å². The summed E-state index contributed by atoms with van der Waals surface area (Å²) < 4.78 is 5.40. The van der Waals surface area contributed by atoms with Gasteiger partial charge < -0.3 is 20.9 Å². The zero-order chi connectivity index (χ0) is 28.9. The molecule has 0 saturated heterocycles. The number of ether oxygens (including phenoxy) is 1. The maximum Gasteiger partial charge on any atom is 0.166 e. The number of methoxy groups -OCH3 is 1. The van der Waals surface area contributed by atoms with Gasteiger partial charge in [-0.05, 0) is 71.7 Å². The van der Waals surface area contributed by atoms with Crippen LogP contribution in [0.3, 0.4) is 0 Å². The summed E-state index contributed by atoms with van der Waals surface area (Å²) in [6.07, 6.45) is 11.1. The van der Waals surface area contributed by atoms with Crippen molar-refractivity contribution in [3.63, 3.8) is 0 Å². The van der Waals surface area contributed by atoms with E-state index >= 15 is 0 Å². The SMILES string of the molecule is CC[C@H]1CCC(=O)CC(=O)C2=Cc3cc(OC)c(O)cc3[C@H](CC2)c2cnc(N)c(c2)[C@@H](C[NH+]2C=CNC2)SSC1. The highest BCUT2D eigenvalue weighted by atomic mass is 33.1. The Kier molecular flexibility index (Phi) is 9.62. The van der Waals surface area contributed by atoms with Crippen molar-refractivity contribution >= 4 is 45.0 Å². The lowest BCUT2D eigenvalue weighted by atomic mass is 9.85. The summed E-state index contributed by atoms with van der Waals surface area (Å²) in [4.78, 5) is 32.3. The van der Waals surface area contributed by atoms with E-state index in [-0.39, 0.29) is 34.9 Å². The quantitative estimate of drug-likeness (QED) is 0.302. The molecule has 0 saturated carbocycles. The van der Waals surface area contributed by atoms with Gasteiger partial charge in [-0.15, -0.1) is 0 Å². The molecule has 1 aromatic carbocycles. The number of phenols is 1. The van der Waals surface area contributed by atoms with Gasteiger partial charge in [-0.3, -0.25) is 14.5 Å². The first kappa shape index (κ1) is 29.5. The molecule has 8 nitrogen and oxygen atoms in total. The van der Waals surface area contributed by atoms with Crippen LogP contribution in [0, 0.1) is 5.92 Å². The number of aromatic hydroxyl groups is 1. The second kappa shape index (κ2) is 13.4. The van der Waals surface area contributed by atoms with Crippen LogP contribution in [0.5, 0.6) is 11.5 Å². The van der Waals surface area contributed by atoms with E-state index in [0.717, 1.165) is 54.1 Å². The van der Waals surface area contributed by atoms with E-state index in [1.165, 1.54) is 12.0 Å². The Morgan fingerprint density at radius 3 is 2.80 bits per heavy atom. The molecule has 41 heavy (non-hydrogen) atoms. The molecule has 2 aliphatic heterocycles. The van der Waals surface area contributed by atoms with Crippen LogP contribution in [0.4, 0.5) is 5.82 Å². The molecule has 0 radical (unpaired) electrons. The summed E-state index contributed by atoms with van der Waals surface area (Å²) >= 11 is 0. The molecule has 4 atom stereocenters. The number of Topliss-reactive ketones (excluding diaryl/α,β-unsaturated/α-hetero) is 2. The summed E-state index contributed by atoms with van der Waals surface area (Å²) in [6.45, 7) is 3.84. The minimum atomic E-state index is -0.123. The first-order valence-electron chi connectivity index (χ1n) is 14.3. The van der Waals surface area contributed by atoms with E-state index in [0.29, 0.717) is 42.3 Å². The number of aromatic nitrogens is 1. The molecule has 1 unspecified atom stereocenters. The largest absolute Gasteiger partial charge is 0.504 e. The number of rotatable bonds is 4. The van der Waals surface area contributed by atoms with Crippen molar-refractivity contribution in [3.05, 3.63) is 64.6 Å². The topological polar surface area (TPSA) is 119 Å². The fourth-order valence-corrected chi connectivity index (χ4v) is 9.03. The van der Waals surface area contributed by atoms with Crippen molar-refractivity contribution in [2.24, 2.45) is 5.92 Å². The molecule has 5 rings (SSSR count). The van der Waals surface area contributed by atoms with Gasteiger partial charge in [0.1, 0.15) is 17.8 Å². The maximum atomic E-state index is 13.4. The third kappa shape index (κ3) is 6.93. The highest BCUT2D eigenvalue weighted by Gasteiger charge is 2.29. The van der Waals surface area contributed by atoms with Crippen LogP contribution in [0.2, 0.25) is 0 Å². The number of carbonyl (C=O) groups excluding carboxylic acids is 2. The van der Waals surface area contributed by atoms with Gasteiger partial charge in [0, 0.05) is 29.9 Å². The van der Waals surface area contributed by atoms with Crippen molar-refractivity contribution < 1.29 is 24.3 Å². The normalized spacial score (nSPS) is 25.2. The van der Waals surface area contributed by atoms with E-state index in [9.17, 15) is 14.7 Å². The number of phenolic OH excluding ortho intramolecular Hbond substituents is 1. The standard InChI is InChI=1S/C31H38N4O4S2/c1-3-19-4-6-23(36)13-27(37)20-5-7-24(25-14-28(38)29(39-2)12-21(25)10-20)22-11-26(31(32)34-15-22)30(41-40-17-19)16-35-9-8-33-18-35/h8-12,14-15,19,24,30,33,38H,3-7,13,16-18H2,1-2H3,(H2,32,34)/p+1/t19-,24+,30+/m0/s1. The summed E-state index contributed by atoms with van der Waals surface area (Å²) in [5.41, 5.74) is 10.9. The third-order valence-electron chi connectivity index (χ3n) is 8.34. The number of nitrogen functional groups attached to an aromatic ring is 1. The van der Waals surface area contributed by atoms with Crippen LogP contribution in [0.1, 0.15) is 78.9 Å². The lowest BCUT2D eigenvalue weighted by Gasteiger charge is -2.24. The minimum Gasteiger partial charge on any atom is -0.504 e. The number of allylic oxidation sites excluding steroid dienone is 1. The Labute approximate surface area is 249 Å². The summed E-state index contributed by atoms with van der Waals surface area (Å²) in [7, 11) is 5.17. The molecule has 3 heterocycles. The van der Waals surface area contributed by atoms with Crippen LogP contribution in [-0.2, 0) is 9.59 Å². The number of ketones is 2. The lowest BCUT2D eigenvalue weighted by Crippen LogP contribution is -3.07. The molecular formula is C31H39N4O4S2+. The fourth-order valence-electron chi connectivity index (χ4n) is 5.80. The zero-order valence-electron chi connectivity index (χ0n) is 23.7. The van der Waals surface area contributed by atoms with Crippen molar-refractivity contribution in [2.75, 3.05) is 31.8 Å². The lowest BCUT2D eigenvalue weighted by molar-refractivity contribution is -0.842. The average Bonchev–Trinajstić information content (AvgIpc) is 3.40. The second-order valence-corrected chi connectivity index (χ2v) is 13.7. The molecule has 4 bridgehead atoms. The van der Waals surface area contributed by atoms with Crippen LogP contribution < -0.4 is 20.7 Å². The number of anilines is 1. The van der Waals surface area contributed by atoms with E-state index < -0.39 is 0 Å². The van der Waals surface area contributed by atoms with Crippen molar-refractivity contribution in [1.82, 2.24) is 10.3 Å². The van der Waals surface area contributed by atoms with Crippen molar-refractivity contribution in [1.29, 1.82) is 0 Å². The van der Waals surface area contributed by atoms with Gasteiger partial charge in [-0.25, -0.2) is 4.98 Å². The number of fused-ring (bicyclic) bond motifs is 8. The number of quaternary nitrogens is 1. The number of carbonyl (C=O) groups is 2. The Balaban J connectivity index is 1.59. The number of hydrogen-bond acceptors (Lipinski definition) is 9. The average molecular weight is 596 g/mol. The molecule has 5 N–H and O–H groups in total. The first-order chi connectivity index (χ1) is 19.9. The van der Waals surface area contributed by atoms with E-state index in [4.69, 9.17) is 10.5 Å². The van der Waals surface area contributed by atoms with Crippen molar-refractivity contribution in [3.8, 4) is 11.5 Å². The maximum absolute atomic E-state index is 13.4. The van der Waals surface area contributed by atoms with Gasteiger partial charge in [0.25, 0.3) is 0 Å². The minimum absolute atomic E-state index is 0.000878. The van der Waals surface area contributed by atoms with Gasteiger partial charge in [0.2, 0.25) is 0 Å². The molecule has 0 spiro atoms. The first-order valence-corrected chi connectivity index (χ1v) is 16.7. The molecule has 1 aromatic heterocycles. The Bertz CT molecular complexity index is 1360. The molecule has 2 aromatic rings. The van der Waals surface area contributed by atoms with Gasteiger partial charge >= 0.3 is 0 Å².